The van der Waals surface area contributed by atoms with Crippen LogP contribution in [0.15, 0.2) is 65.6 Å². The van der Waals surface area contributed by atoms with Gasteiger partial charge in [-0.05, 0) is 53.1 Å². The molecule has 1 aliphatic rings. The number of carbonyl (C=O) groups is 1. The molecular formula is C24H26N4O4S. The van der Waals surface area contributed by atoms with Gasteiger partial charge in [-0.2, -0.15) is 0 Å². The zero-order valence-electron chi connectivity index (χ0n) is 18.2. The van der Waals surface area contributed by atoms with E-state index in [1.165, 1.54) is 0 Å². The summed E-state index contributed by atoms with van der Waals surface area (Å²) < 4.78 is 33.6. The number of amides is 1. The first-order valence-electron chi connectivity index (χ1n) is 10.6. The standard InChI is InChI=1S/C24H26N4O4S/c1-32-21-7-5-17-6-8-22(13-20(17)12-21)33(30,31)27-14-19-9-10-28(24(19)29)15-16-3-2-4-18(11-16)23(25)26/h2-8,11-13,19,27H,9-10,14-15H2,1H3,(H3,25,26)/t19-/m0/s1. The van der Waals surface area contributed by atoms with Crippen LogP contribution in [0.5, 0.6) is 5.75 Å². The number of hydrogen-bond acceptors (Lipinski definition) is 5. The monoisotopic (exact) mass is 466 g/mol. The van der Waals surface area contributed by atoms with Gasteiger partial charge >= 0.3 is 0 Å². The molecule has 9 heteroatoms. The molecule has 1 atom stereocenters. The van der Waals surface area contributed by atoms with Crippen molar-refractivity contribution in [2.45, 2.75) is 17.9 Å². The third kappa shape index (κ3) is 4.99. The number of rotatable bonds is 8. The van der Waals surface area contributed by atoms with E-state index >= 15 is 0 Å². The Balaban J connectivity index is 1.41. The number of hydrogen-bond donors (Lipinski definition) is 3. The maximum Gasteiger partial charge on any atom is 0.240 e. The lowest BCUT2D eigenvalue weighted by Crippen LogP contribution is -2.34. The number of fused-ring (bicyclic) bond motifs is 1. The zero-order chi connectivity index (χ0) is 23.6. The SMILES string of the molecule is COc1ccc2ccc(S(=O)(=O)NC[C@@H]3CCN(Cc4cccc(C(=N)N)c4)C3=O)cc2c1. The quantitative estimate of drug-likeness (QED) is 0.347. The number of nitrogens with two attached hydrogens (primary N) is 1. The van der Waals surface area contributed by atoms with Crippen LogP contribution >= 0.6 is 0 Å². The number of nitrogen functional groups attached to an aromatic ring is 1. The molecule has 8 nitrogen and oxygen atoms in total. The lowest BCUT2D eigenvalue weighted by molar-refractivity contribution is -0.131. The summed E-state index contributed by atoms with van der Waals surface area (Å²) in [5.74, 6) is 0.116. The van der Waals surface area contributed by atoms with Gasteiger partial charge in [0.1, 0.15) is 11.6 Å². The summed E-state index contributed by atoms with van der Waals surface area (Å²) in [5.41, 5.74) is 7.03. The van der Waals surface area contributed by atoms with Gasteiger partial charge in [0, 0.05) is 25.2 Å². The van der Waals surface area contributed by atoms with Gasteiger partial charge in [-0.15, -0.1) is 0 Å². The van der Waals surface area contributed by atoms with E-state index in [0.29, 0.717) is 30.8 Å². The molecule has 0 spiro atoms. The molecule has 3 aromatic rings. The van der Waals surface area contributed by atoms with Gasteiger partial charge in [-0.1, -0.05) is 30.3 Å². The second-order valence-electron chi connectivity index (χ2n) is 8.09. The van der Waals surface area contributed by atoms with Crippen molar-refractivity contribution in [2.75, 3.05) is 20.2 Å². The molecule has 1 saturated heterocycles. The average molecular weight is 467 g/mol. The van der Waals surface area contributed by atoms with Crippen molar-refractivity contribution in [1.29, 1.82) is 5.41 Å². The third-order valence-electron chi connectivity index (χ3n) is 5.87. The van der Waals surface area contributed by atoms with Crippen molar-refractivity contribution in [3.05, 3.63) is 71.8 Å². The first-order valence-corrected chi connectivity index (χ1v) is 12.0. The first kappa shape index (κ1) is 22.8. The van der Waals surface area contributed by atoms with Crippen LogP contribution in [-0.2, 0) is 21.4 Å². The zero-order valence-corrected chi connectivity index (χ0v) is 19.1. The minimum Gasteiger partial charge on any atom is -0.497 e. The number of carbonyl (C=O) groups excluding carboxylic acids is 1. The van der Waals surface area contributed by atoms with Crippen LogP contribution in [0.25, 0.3) is 10.8 Å². The molecule has 4 rings (SSSR count). The summed E-state index contributed by atoms with van der Waals surface area (Å²) >= 11 is 0. The van der Waals surface area contributed by atoms with E-state index in [-0.39, 0.29) is 23.2 Å². The Labute approximate surface area is 192 Å². The van der Waals surface area contributed by atoms with E-state index in [2.05, 4.69) is 4.72 Å². The molecule has 1 fully saturated rings. The fourth-order valence-electron chi connectivity index (χ4n) is 4.00. The molecular weight excluding hydrogens is 440 g/mol. The van der Waals surface area contributed by atoms with Gasteiger partial charge in [0.15, 0.2) is 0 Å². The van der Waals surface area contributed by atoms with E-state index in [0.717, 1.165) is 16.3 Å². The van der Waals surface area contributed by atoms with E-state index in [4.69, 9.17) is 15.9 Å². The predicted molar refractivity (Wildman–Crippen MR) is 127 cm³/mol. The minimum absolute atomic E-state index is 0.0241. The highest BCUT2D eigenvalue weighted by molar-refractivity contribution is 7.89. The minimum atomic E-state index is -3.77. The van der Waals surface area contributed by atoms with Gasteiger partial charge < -0.3 is 15.4 Å². The number of sulfonamides is 1. The molecule has 33 heavy (non-hydrogen) atoms. The second kappa shape index (κ2) is 9.21. The number of nitrogens with zero attached hydrogens (tertiary/aromatic N) is 1. The van der Waals surface area contributed by atoms with Gasteiger partial charge in [-0.3, -0.25) is 10.2 Å². The third-order valence-corrected chi connectivity index (χ3v) is 7.29. The van der Waals surface area contributed by atoms with Crippen LogP contribution in [-0.4, -0.2) is 45.3 Å². The van der Waals surface area contributed by atoms with E-state index < -0.39 is 15.9 Å². The Morgan fingerprint density at radius 1 is 1.15 bits per heavy atom. The van der Waals surface area contributed by atoms with Gasteiger partial charge in [0.05, 0.1) is 17.9 Å². The Morgan fingerprint density at radius 3 is 2.70 bits per heavy atom. The van der Waals surface area contributed by atoms with Crippen LogP contribution in [0, 0.1) is 11.3 Å². The molecule has 0 saturated carbocycles. The Kier molecular flexibility index (Phi) is 6.35. The summed E-state index contributed by atoms with van der Waals surface area (Å²) in [6.45, 7) is 0.988. The van der Waals surface area contributed by atoms with E-state index in [9.17, 15) is 13.2 Å². The molecule has 0 aromatic heterocycles. The number of likely N-dealkylation sites (tertiary alicyclic amines) is 1. The van der Waals surface area contributed by atoms with Crippen molar-refractivity contribution in [3.8, 4) is 5.75 Å². The average Bonchev–Trinajstić information content (AvgIpc) is 3.16. The topological polar surface area (TPSA) is 126 Å². The van der Waals surface area contributed by atoms with Gasteiger partial charge in [0.25, 0.3) is 0 Å². The van der Waals surface area contributed by atoms with Crippen molar-refractivity contribution >= 4 is 32.5 Å². The molecule has 1 amide bonds. The van der Waals surface area contributed by atoms with Crippen LogP contribution in [0.1, 0.15) is 17.5 Å². The Hall–Kier alpha value is -3.43. The second-order valence-corrected chi connectivity index (χ2v) is 9.85. The van der Waals surface area contributed by atoms with Crippen LogP contribution in [0.3, 0.4) is 0 Å². The number of methoxy groups -OCH3 is 1. The molecule has 0 aliphatic carbocycles. The van der Waals surface area contributed by atoms with Crippen molar-refractivity contribution in [1.82, 2.24) is 9.62 Å². The molecule has 3 aromatic carbocycles. The summed E-state index contributed by atoms with van der Waals surface area (Å²) in [7, 11) is -2.21. The normalized spacial score (nSPS) is 16.3. The maximum atomic E-state index is 12.9. The van der Waals surface area contributed by atoms with Crippen LogP contribution < -0.4 is 15.2 Å². The highest BCUT2D eigenvalue weighted by Gasteiger charge is 2.32. The van der Waals surface area contributed by atoms with Crippen molar-refractivity contribution < 1.29 is 17.9 Å². The smallest absolute Gasteiger partial charge is 0.240 e. The fraction of sp³-hybridized carbons (Fsp3) is 0.250. The lowest BCUT2D eigenvalue weighted by Gasteiger charge is -2.17. The molecule has 0 radical (unpaired) electrons. The number of nitrogens with one attached hydrogen (secondary N) is 2. The Bertz CT molecular complexity index is 1320. The molecule has 4 N–H and O–H groups in total. The van der Waals surface area contributed by atoms with E-state index in [1.807, 2.05) is 18.2 Å². The van der Waals surface area contributed by atoms with E-state index in [1.54, 1.807) is 54.5 Å². The molecule has 1 heterocycles. The van der Waals surface area contributed by atoms with Crippen molar-refractivity contribution in [2.24, 2.45) is 11.7 Å². The summed E-state index contributed by atoms with van der Waals surface area (Å²) in [6, 6.07) is 17.6. The summed E-state index contributed by atoms with van der Waals surface area (Å²) in [6.07, 6.45) is 0.572. The predicted octanol–water partition coefficient (Wildman–Crippen LogP) is 2.46. The van der Waals surface area contributed by atoms with Crippen LogP contribution in [0.2, 0.25) is 0 Å². The molecule has 172 valence electrons. The highest BCUT2D eigenvalue weighted by atomic mass is 32.2. The Morgan fingerprint density at radius 2 is 1.94 bits per heavy atom. The van der Waals surface area contributed by atoms with Gasteiger partial charge in [0.2, 0.25) is 15.9 Å². The van der Waals surface area contributed by atoms with Gasteiger partial charge in [-0.25, -0.2) is 13.1 Å². The number of benzene rings is 3. The molecule has 0 unspecified atom stereocenters. The lowest BCUT2D eigenvalue weighted by atomic mass is 10.1. The maximum absolute atomic E-state index is 12.9. The molecule has 1 aliphatic heterocycles. The highest BCUT2D eigenvalue weighted by Crippen LogP contribution is 2.25. The summed E-state index contributed by atoms with van der Waals surface area (Å²) in [4.78, 5) is 14.7. The van der Waals surface area contributed by atoms with Crippen molar-refractivity contribution in [3.63, 3.8) is 0 Å². The number of ether oxygens (including phenoxy) is 1. The molecule has 0 bridgehead atoms. The first-order chi connectivity index (χ1) is 15.8. The fourth-order valence-corrected chi connectivity index (χ4v) is 5.11. The summed E-state index contributed by atoms with van der Waals surface area (Å²) in [5, 5.41) is 9.23. The van der Waals surface area contributed by atoms with Crippen LogP contribution in [0.4, 0.5) is 0 Å². The largest absolute Gasteiger partial charge is 0.497 e. The number of amidine groups is 1.